The minimum absolute atomic E-state index is 0.940. The highest BCUT2D eigenvalue weighted by molar-refractivity contribution is 9.11. The van der Waals surface area contributed by atoms with Crippen molar-refractivity contribution in [1.82, 2.24) is 0 Å². The van der Waals surface area contributed by atoms with E-state index in [0.29, 0.717) is 0 Å². The molecule has 0 spiro atoms. The van der Waals surface area contributed by atoms with Crippen molar-refractivity contribution in [2.75, 3.05) is 11.9 Å². The fourth-order valence-electron chi connectivity index (χ4n) is 0.823. The molecule has 0 radical (unpaired) electrons. The van der Waals surface area contributed by atoms with Gasteiger partial charge < -0.3 is 5.32 Å². The predicted octanol–water partition coefficient (Wildman–Crippen LogP) is 3.64. The Kier molecular flexibility index (Phi) is 3.40. The number of rotatable bonds is 2. The molecule has 0 saturated carbocycles. The summed E-state index contributed by atoms with van der Waals surface area (Å²) >= 11 is 6.85. The Labute approximate surface area is 83.4 Å². The summed E-state index contributed by atoms with van der Waals surface area (Å²) in [5, 5.41) is 3.24. The van der Waals surface area contributed by atoms with E-state index in [0.717, 1.165) is 21.2 Å². The Morgan fingerprint density at radius 3 is 2.73 bits per heavy atom. The van der Waals surface area contributed by atoms with E-state index in [4.69, 9.17) is 0 Å². The summed E-state index contributed by atoms with van der Waals surface area (Å²) in [5.41, 5.74) is 1.13. The maximum Gasteiger partial charge on any atom is 0.0495 e. The van der Waals surface area contributed by atoms with E-state index in [1.54, 1.807) is 0 Å². The van der Waals surface area contributed by atoms with Crippen molar-refractivity contribution in [2.24, 2.45) is 0 Å². The van der Waals surface area contributed by atoms with Crippen LogP contribution in [0, 0.1) is 0 Å². The lowest BCUT2D eigenvalue weighted by molar-refractivity contribution is 1.21. The molecule has 11 heavy (non-hydrogen) atoms. The normalized spacial score (nSPS) is 9.73. The summed E-state index contributed by atoms with van der Waals surface area (Å²) < 4.78 is 2.19. The lowest BCUT2D eigenvalue weighted by Gasteiger charge is -2.05. The second-order valence-electron chi connectivity index (χ2n) is 2.15. The molecule has 1 nitrogen and oxygen atoms in total. The monoisotopic (exact) mass is 277 g/mol. The number of anilines is 1. The molecule has 0 aliphatic carbocycles. The van der Waals surface area contributed by atoms with Crippen LogP contribution in [0.5, 0.6) is 0 Å². The topological polar surface area (TPSA) is 12.0 Å². The second kappa shape index (κ2) is 4.12. The van der Waals surface area contributed by atoms with Gasteiger partial charge in [-0.1, -0.05) is 15.9 Å². The largest absolute Gasteiger partial charge is 0.384 e. The molecule has 3 heteroatoms. The van der Waals surface area contributed by atoms with Gasteiger partial charge in [-0.05, 0) is 41.1 Å². The van der Waals surface area contributed by atoms with Gasteiger partial charge in [-0.25, -0.2) is 0 Å². The molecule has 0 aliphatic rings. The molecule has 0 fully saturated rings. The zero-order valence-electron chi connectivity index (χ0n) is 6.20. The van der Waals surface area contributed by atoms with Crippen LogP contribution in [0.25, 0.3) is 0 Å². The number of hydrogen-bond acceptors (Lipinski definition) is 1. The van der Waals surface area contributed by atoms with Crippen LogP contribution in [0.1, 0.15) is 6.92 Å². The van der Waals surface area contributed by atoms with Crippen LogP contribution >= 0.6 is 31.9 Å². The number of nitrogens with one attached hydrogen (secondary N) is 1. The number of hydrogen-bond donors (Lipinski definition) is 1. The molecule has 60 valence electrons. The first-order valence-electron chi connectivity index (χ1n) is 3.43. The van der Waals surface area contributed by atoms with Gasteiger partial charge in [0, 0.05) is 21.2 Å². The first-order valence-corrected chi connectivity index (χ1v) is 5.01. The highest BCUT2D eigenvalue weighted by Crippen LogP contribution is 2.25. The van der Waals surface area contributed by atoms with Gasteiger partial charge >= 0.3 is 0 Å². The molecule has 0 aromatic heterocycles. The van der Waals surface area contributed by atoms with E-state index in [9.17, 15) is 0 Å². The average Bonchev–Trinajstić information content (AvgIpc) is 1.98. The van der Waals surface area contributed by atoms with Crippen molar-refractivity contribution < 1.29 is 0 Å². The molecule has 0 heterocycles. The number of halogens is 2. The lowest BCUT2D eigenvalue weighted by Crippen LogP contribution is -1.96. The predicted molar refractivity (Wildman–Crippen MR) is 56.0 cm³/mol. The quantitative estimate of drug-likeness (QED) is 0.871. The molecule has 1 N–H and O–H groups in total. The van der Waals surface area contributed by atoms with Crippen LogP contribution in [0.15, 0.2) is 27.1 Å². The lowest BCUT2D eigenvalue weighted by atomic mass is 10.3. The Morgan fingerprint density at radius 2 is 2.09 bits per heavy atom. The Balaban J connectivity index is 2.93. The third-order valence-corrected chi connectivity index (χ3v) is 2.48. The Bertz CT molecular complexity index is 248. The van der Waals surface area contributed by atoms with Crippen LogP contribution in [-0.2, 0) is 0 Å². The highest BCUT2D eigenvalue weighted by Gasteiger charge is 1.97. The molecule has 0 amide bonds. The second-order valence-corrected chi connectivity index (χ2v) is 3.92. The van der Waals surface area contributed by atoms with Crippen molar-refractivity contribution in [3.05, 3.63) is 27.1 Å². The zero-order valence-corrected chi connectivity index (χ0v) is 9.37. The third kappa shape index (κ3) is 2.49. The molecule has 0 aliphatic heterocycles. The maximum absolute atomic E-state index is 3.45. The molecule has 1 aromatic rings. The molecular weight excluding hydrogens is 270 g/mol. The zero-order chi connectivity index (χ0) is 8.27. The smallest absolute Gasteiger partial charge is 0.0495 e. The fraction of sp³-hybridized carbons (Fsp3) is 0.250. The van der Waals surface area contributed by atoms with Gasteiger partial charge in [0.1, 0.15) is 0 Å². The van der Waals surface area contributed by atoms with Gasteiger partial charge in [0.05, 0.1) is 0 Å². The van der Waals surface area contributed by atoms with Crippen LogP contribution in [0.2, 0.25) is 0 Å². The molecule has 0 bridgehead atoms. The minimum atomic E-state index is 0.940. The molecule has 1 aromatic carbocycles. The van der Waals surface area contributed by atoms with Gasteiger partial charge in [-0.15, -0.1) is 0 Å². The van der Waals surface area contributed by atoms with Gasteiger partial charge in [-0.2, -0.15) is 0 Å². The van der Waals surface area contributed by atoms with Crippen molar-refractivity contribution in [2.45, 2.75) is 6.92 Å². The van der Waals surface area contributed by atoms with Gasteiger partial charge in [0.15, 0.2) is 0 Å². The average molecular weight is 279 g/mol. The SMILES string of the molecule is CCNc1cc(Br)ccc1Br. The van der Waals surface area contributed by atoms with Crippen LogP contribution in [0.4, 0.5) is 5.69 Å². The van der Waals surface area contributed by atoms with Crippen molar-refractivity contribution in [3.63, 3.8) is 0 Å². The molecule has 0 unspecified atom stereocenters. The van der Waals surface area contributed by atoms with E-state index >= 15 is 0 Å². The van der Waals surface area contributed by atoms with E-state index in [1.807, 2.05) is 18.2 Å². The molecular formula is C8H9Br2N. The molecule has 0 saturated heterocycles. The summed E-state index contributed by atoms with van der Waals surface area (Å²) in [5.74, 6) is 0. The minimum Gasteiger partial charge on any atom is -0.384 e. The summed E-state index contributed by atoms with van der Waals surface area (Å²) in [7, 11) is 0. The summed E-state index contributed by atoms with van der Waals surface area (Å²) in [6.45, 7) is 3.02. The molecule has 1 rings (SSSR count). The highest BCUT2D eigenvalue weighted by atomic mass is 79.9. The number of benzene rings is 1. The summed E-state index contributed by atoms with van der Waals surface area (Å²) in [4.78, 5) is 0. The first kappa shape index (κ1) is 9.07. The van der Waals surface area contributed by atoms with Crippen LogP contribution in [-0.4, -0.2) is 6.54 Å². The van der Waals surface area contributed by atoms with Crippen molar-refractivity contribution >= 4 is 37.5 Å². The third-order valence-electron chi connectivity index (χ3n) is 1.30. The van der Waals surface area contributed by atoms with Crippen molar-refractivity contribution in [3.8, 4) is 0 Å². The Hall–Kier alpha value is -0.0200. The van der Waals surface area contributed by atoms with E-state index in [2.05, 4.69) is 44.1 Å². The van der Waals surface area contributed by atoms with Gasteiger partial charge in [0.25, 0.3) is 0 Å². The maximum atomic E-state index is 3.45. The van der Waals surface area contributed by atoms with Crippen molar-refractivity contribution in [1.29, 1.82) is 0 Å². The Morgan fingerprint density at radius 1 is 1.36 bits per heavy atom. The summed E-state index contributed by atoms with van der Waals surface area (Å²) in [6, 6.07) is 6.07. The van der Waals surface area contributed by atoms with Gasteiger partial charge in [-0.3, -0.25) is 0 Å². The first-order chi connectivity index (χ1) is 5.24. The van der Waals surface area contributed by atoms with E-state index < -0.39 is 0 Å². The standard InChI is InChI=1S/C8H9Br2N/c1-2-11-8-5-6(9)3-4-7(8)10/h3-5,11H,2H2,1H3. The summed E-state index contributed by atoms with van der Waals surface area (Å²) in [6.07, 6.45) is 0. The van der Waals surface area contributed by atoms with Crippen LogP contribution < -0.4 is 5.32 Å². The van der Waals surface area contributed by atoms with Gasteiger partial charge in [0.2, 0.25) is 0 Å². The van der Waals surface area contributed by atoms with E-state index in [1.165, 1.54) is 0 Å². The fourth-order valence-corrected chi connectivity index (χ4v) is 1.57. The molecule has 0 atom stereocenters. The van der Waals surface area contributed by atoms with E-state index in [-0.39, 0.29) is 0 Å². The van der Waals surface area contributed by atoms with Crippen LogP contribution in [0.3, 0.4) is 0 Å².